The van der Waals surface area contributed by atoms with Crippen LogP contribution in [0.15, 0.2) is 36.4 Å². The van der Waals surface area contributed by atoms with Gasteiger partial charge in [-0.25, -0.2) is 0 Å². The maximum atomic E-state index is 12.6. The lowest BCUT2D eigenvalue weighted by Gasteiger charge is -2.19. The van der Waals surface area contributed by atoms with Crippen LogP contribution in [0.25, 0.3) is 10.1 Å². The standard InChI is InChI=1S/C21H18Cl3N3O2S2/c1-21(2,3)27-19(29)17-15(24)11-5-4-6-14(16(11)31-17)25-20(30)26-18(28)10-7-8-12(22)13(23)9-10/h4-9H,1-3H3,(H,27,29)(H2,25,26,28,30). The van der Waals surface area contributed by atoms with Gasteiger partial charge in [0.1, 0.15) is 4.88 Å². The van der Waals surface area contributed by atoms with Crippen molar-refractivity contribution in [3.63, 3.8) is 0 Å². The maximum Gasteiger partial charge on any atom is 0.263 e. The molecule has 0 aliphatic heterocycles. The van der Waals surface area contributed by atoms with Crippen LogP contribution in [0.4, 0.5) is 5.69 Å². The Morgan fingerprint density at radius 2 is 1.71 bits per heavy atom. The van der Waals surface area contributed by atoms with Crippen molar-refractivity contribution in [1.29, 1.82) is 0 Å². The van der Waals surface area contributed by atoms with Gasteiger partial charge >= 0.3 is 0 Å². The molecule has 0 aliphatic rings. The highest BCUT2D eigenvalue weighted by Gasteiger charge is 2.22. The fraction of sp³-hybridized carbons (Fsp3) is 0.190. The smallest absolute Gasteiger partial charge is 0.263 e. The lowest BCUT2D eigenvalue weighted by Crippen LogP contribution is -2.40. The van der Waals surface area contributed by atoms with Crippen LogP contribution < -0.4 is 16.0 Å². The van der Waals surface area contributed by atoms with Crippen LogP contribution in [-0.4, -0.2) is 22.5 Å². The van der Waals surface area contributed by atoms with E-state index in [2.05, 4.69) is 16.0 Å². The van der Waals surface area contributed by atoms with E-state index >= 15 is 0 Å². The van der Waals surface area contributed by atoms with Gasteiger partial charge < -0.3 is 10.6 Å². The Labute approximate surface area is 204 Å². The van der Waals surface area contributed by atoms with Crippen molar-refractivity contribution >= 4 is 91.1 Å². The second kappa shape index (κ2) is 9.30. The summed E-state index contributed by atoms with van der Waals surface area (Å²) in [5.74, 6) is -0.683. The first-order valence-electron chi connectivity index (χ1n) is 9.07. The highest BCUT2D eigenvalue weighted by molar-refractivity contribution is 7.80. The average molecular weight is 515 g/mol. The van der Waals surface area contributed by atoms with Gasteiger partial charge in [-0.15, -0.1) is 11.3 Å². The van der Waals surface area contributed by atoms with Crippen molar-refractivity contribution in [3.05, 3.63) is 61.9 Å². The molecular formula is C21H18Cl3N3O2S2. The highest BCUT2D eigenvalue weighted by Crippen LogP contribution is 2.39. The minimum absolute atomic E-state index is 0.0915. The van der Waals surface area contributed by atoms with Gasteiger partial charge in [0.25, 0.3) is 11.8 Å². The first kappa shape index (κ1) is 23.8. The summed E-state index contributed by atoms with van der Waals surface area (Å²) in [4.78, 5) is 25.5. The quantitative estimate of drug-likeness (QED) is 0.348. The van der Waals surface area contributed by atoms with E-state index in [1.165, 1.54) is 23.5 Å². The van der Waals surface area contributed by atoms with Gasteiger partial charge in [-0.3, -0.25) is 14.9 Å². The Morgan fingerprint density at radius 3 is 2.35 bits per heavy atom. The van der Waals surface area contributed by atoms with Gasteiger partial charge in [0.05, 0.1) is 25.5 Å². The van der Waals surface area contributed by atoms with Crippen LogP contribution in [-0.2, 0) is 0 Å². The van der Waals surface area contributed by atoms with E-state index in [4.69, 9.17) is 47.0 Å². The summed E-state index contributed by atoms with van der Waals surface area (Å²) in [5, 5.41) is 10.3. The molecule has 0 saturated heterocycles. The zero-order valence-corrected chi connectivity index (χ0v) is 20.6. The lowest BCUT2D eigenvalue weighted by atomic mass is 10.1. The summed E-state index contributed by atoms with van der Waals surface area (Å²) in [6, 6.07) is 9.95. The zero-order chi connectivity index (χ0) is 22.9. The number of thiophene rings is 1. The van der Waals surface area contributed by atoms with E-state index in [0.29, 0.717) is 31.6 Å². The van der Waals surface area contributed by atoms with Crippen molar-refractivity contribution in [3.8, 4) is 0 Å². The summed E-state index contributed by atoms with van der Waals surface area (Å²) >= 11 is 24.9. The predicted molar refractivity (Wildman–Crippen MR) is 134 cm³/mol. The van der Waals surface area contributed by atoms with Gasteiger partial charge in [-0.2, -0.15) is 0 Å². The van der Waals surface area contributed by atoms with Crippen molar-refractivity contribution < 1.29 is 9.59 Å². The summed E-state index contributed by atoms with van der Waals surface area (Å²) in [6.45, 7) is 5.69. The number of fused-ring (bicyclic) bond motifs is 1. The van der Waals surface area contributed by atoms with Crippen LogP contribution >= 0.6 is 58.4 Å². The van der Waals surface area contributed by atoms with E-state index in [0.717, 1.165) is 4.70 Å². The van der Waals surface area contributed by atoms with Crippen LogP contribution in [0.5, 0.6) is 0 Å². The minimum atomic E-state index is -0.433. The number of carbonyl (C=O) groups excluding carboxylic acids is 2. The summed E-state index contributed by atoms with van der Waals surface area (Å²) in [6.07, 6.45) is 0. The van der Waals surface area contributed by atoms with E-state index in [-0.39, 0.29) is 16.0 Å². The van der Waals surface area contributed by atoms with Crippen molar-refractivity contribution in [2.45, 2.75) is 26.3 Å². The molecule has 0 unspecified atom stereocenters. The molecule has 10 heteroatoms. The Morgan fingerprint density at radius 1 is 1.00 bits per heavy atom. The number of halogens is 3. The number of anilines is 1. The molecule has 0 fully saturated rings. The largest absolute Gasteiger partial charge is 0.347 e. The van der Waals surface area contributed by atoms with Gasteiger partial charge in [-0.1, -0.05) is 46.9 Å². The van der Waals surface area contributed by atoms with Gasteiger partial charge in [0.15, 0.2) is 5.11 Å². The summed E-state index contributed by atoms with van der Waals surface area (Å²) in [5.41, 5.74) is 0.546. The molecule has 0 saturated carbocycles. The molecule has 2 aromatic carbocycles. The maximum absolute atomic E-state index is 12.6. The molecule has 0 bridgehead atoms. The molecule has 3 aromatic rings. The molecule has 3 rings (SSSR count). The second-order valence-corrected chi connectivity index (χ2v) is 10.3. The number of nitrogens with one attached hydrogen (secondary N) is 3. The monoisotopic (exact) mass is 513 g/mol. The fourth-order valence-corrected chi connectivity index (χ4v) is 4.67. The first-order chi connectivity index (χ1) is 14.5. The van der Waals surface area contributed by atoms with E-state index in [1.54, 1.807) is 18.2 Å². The number of thiocarbonyl (C=S) groups is 1. The average Bonchev–Trinajstić information content (AvgIpc) is 3.00. The Kier molecular flexibility index (Phi) is 7.13. The van der Waals surface area contributed by atoms with Crippen LogP contribution in [0.1, 0.15) is 40.8 Å². The third-order valence-corrected chi connectivity index (χ3v) is 6.69. The molecular weight excluding hydrogens is 497 g/mol. The van der Waals surface area contributed by atoms with Crippen molar-refractivity contribution in [1.82, 2.24) is 10.6 Å². The zero-order valence-electron chi connectivity index (χ0n) is 16.7. The van der Waals surface area contributed by atoms with Crippen LogP contribution in [0, 0.1) is 0 Å². The fourth-order valence-electron chi connectivity index (χ4n) is 2.70. The van der Waals surface area contributed by atoms with E-state index in [1.807, 2.05) is 26.8 Å². The molecule has 162 valence electrons. The van der Waals surface area contributed by atoms with E-state index < -0.39 is 11.4 Å². The number of carbonyl (C=O) groups is 2. The number of rotatable bonds is 3. The Bertz CT molecular complexity index is 1200. The normalized spacial score (nSPS) is 11.3. The third kappa shape index (κ3) is 5.67. The second-order valence-electron chi connectivity index (χ2n) is 7.67. The highest BCUT2D eigenvalue weighted by atomic mass is 35.5. The lowest BCUT2D eigenvalue weighted by molar-refractivity contribution is 0.0922. The number of hydrogen-bond donors (Lipinski definition) is 3. The van der Waals surface area contributed by atoms with Crippen LogP contribution in [0.3, 0.4) is 0 Å². The third-order valence-electron chi connectivity index (χ3n) is 4.01. The molecule has 31 heavy (non-hydrogen) atoms. The molecule has 1 aromatic heterocycles. The van der Waals surface area contributed by atoms with Gasteiger partial charge in [0.2, 0.25) is 0 Å². The van der Waals surface area contributed by atoms with Gasteiger partial charge in [-0.05, 0) is 57.3 Å². The Hall–Kier alpha value is -1.90. The molecule has 0 atom stereocenters. The molecule has 5 nitrogen and oxygen atoms in total. The molecule has 2 amide bonds. The topological polar surface area (TPSA) is 70.2 Å². The van der Waals surface area contributed by atoms with Crippen molar-refractivity contribution in [2.24, 2.45) is 0 Å². The molecule has 0 spiro atoms. The molecule has 0 radical (unpaired) electrons. The summed E-state index contributed by atoms with van der Waals surface area (Å²) in [7, 11) is 0. The first-order valence-corrected chi connectivity index (χ1v) is 11.4. The molecule has 3 N–H and O–H groups in total. The van der Waals surface area contributed by atoms with Gasteiger partial charge in [0, 0.05) is 16.5 Å². The number of hydrogen-bond acceptors (Lipinski definition) is 4. The van der Waals surface area contributed by atoms with Crippen LogP contribution in [0.2, 0.25) is 15.1 Å². The molecule has 1 heterocycles. The SMILES string of the molecule is CC(C)(C)NC(=O)c1sc2c(NC(=S)NC(=O)c3ccc(Cl)c(Cl)c3)cccc2c1Cl. The Balaban J connectivity index is 1.82. The number of benzene rings is 2. The predicted octanol–water partition coefficient (Wildman–Crippen LogP) is 6.52. The molecule has 0 aliphatic carbocycles. The van der Waals surface area contributed by atoms with Crippen molar-refractivity contribution in [2.75, 3.05) is 5.32 Å². The number of amides is 2. The minimum Gasteiger partial charge on any atom is -0.347 e. The summed E-state index contributed by atoms with van der Waals surface area (Å²) < 4.78 is 0.748. The van der Waals surface area contributed by atoms with E-state index in [9.17, 15) is 9.59 Å².